The fourth-order valence-corrected chi connectivity index (χ4v) is 4.48. The first kappa shape index (κ1) is 13.7. The minimum atomic E-state index is -3.39. The molecule has 2 aromatic rings. The molecular formula is C11H11BrN2O2S2. The van der Waals surface area contributed by atoms with Crippen molar-refractivity contribution in [3.05, 3.63) is 46.0 Å². The minimum absolute atomic E-state index is 0.323. The predicted octanol–water partition coefficient (Wildman–Crippen LogP) is 2.43. The van der Waals surface area contributed by atoms with E-state index in [2.05, 4.69) is 25.6 Å². The van der Waals surface area contributed by atoms with E-state index in [1.165, 1.54) is 11.3 Å². The molecule has 2 heterocycles. The number of nitrogens with one attached hydrogen (secondary N) is 1. The molecule has 96 valence electrons. The molecule has 0 aliphatic rings. The zero-order valence-electron chi connectivity index (χ0n) is 9.34. The van der Waals surface area contributed by atoms with Crippen molar-refractivity contribution in [2.45, 2.75) is 10.6 Å². The van der Waals surface area contributed by atoms with E-state index < -0.39 is 10.0 Å². The van der Waals surface area contributed by atoms with E-state index >= 15 is 0 Å². The first-order chi connectivity index (χ1) is 8.58. The second-order valence-corrected chi connectivity index (χ2v) is 8.02. The summed E-state index contributed by atoms with van der Waals surface area (Å²) < 4.78 is 27.5. The fourth-order valence-electron chi connectivity index (χ4n) is 1.39. The van der Waals surface area contributed by atoms with Crippen LogP contribution < -0.4 is 4.72 Å². The van der Waals surface area contributed by atoms with Gasteiger partial charge < -0.3 is 0 Å². The van der Waals surface area contributed by atoms with Gasteiger partial charge in [-0.15, -0.1) is 11.3 Å². The Balaban J connectivity index is 1.94. The van der Waals surface area contributed by atoms with Gasteiger partial charge in [-0.05, 0) is 52.2 Å². The van der Waals surface area contributed by atoms with Crippen molar-refractivity contribution in [3.8, 4) is 0 Å². The summed E-state index contributed by atoms with van der Waals surface area (Å²) >= 11 is 4.45. The number of aromatic nitrogens is 1. The van der Waals surface area contributed by atoms with Gasteiger partial charge in [-0.25, -0.2) is 13.1 Å². The highest BCUT2D eigenvalue weighted by Crippen LogP contribution is 2.25. The number of sulfonamides is 1. The van der Waals surface area contributed by atoms with E-state index in [0.717, 1.165) is 9.35 Å². The molecule has 0 radical (unpaired) electrons. The number of nitrogens with zero attached hydrogens (tertiary/aromatic N) is 1. The van der Waals surface area contributed by atoms with Crippen LogP contribution in [0.15, 0.2) is 44.7 Å². The highest BCUT2D eigenvalue weighted by atomic mass is 79.9. The largest absolute Gasteiger partial charge is 0.265 e. The molecule has 2 aromatic heterocycles. The maximum atomic E-state index is 11.9. The maximum absolute atomic E-state index is 11.9. The summed E-state index contributed by atoms with van der Waals surface area (Å²) in [5.41, 5.74) is 1.06. The van der Waals surface area contributed by atoms with Crippen molar-refractivity contribution in [2.24, 2.45) is 0 Å². The Morgan fingerprint density at radius 3 is 2.56 bits per heavy atom. The summed E-state index contributed by atoms with van der Waals surface area (Å²) in [7, 11) is -3.39. The van der Waals surface area contributed by atoms with Crippen LogP contribution in [0.5, 0.6) is 0 Å². The van der Waals surface area contributed by atoms with Gasteiger partial charge in [0.1, 0.15) is 4.21 Å². The lowest BCUT2D eigenvalue weighted by Crippen LogP contribution is -2.25. The zero-order valence-corrected chi connectivity index (χ0v) is 12.6. The molecular weight excluding hydrogens is 336 g/mol. The summed E-state index contributed by atoms with van der Waals surface area (Å²) in [5, 5.41) is 0. The molecule has 0 unspecified atom stereocenters. The Morgan fingerprint density at radius 2 is 1.94 bits per heavy atom. The van der Waals surface area contributed by atoms with Crippen molar-refractivity contribution in [1.29, 1.82) is 0 Å². The number of pyridine rings is 1. The van der Waals surface area contributed by atoms with E-state index in [4.69, 9.17) is 0 Å². The first-order valence-electron chi connectivity index (χ1n) is 5.22. The zero-order chi connectivity index (χ0) is 13.0. The average Bonchev–Trinajstić information content (AvgIpc) is 2.78. The molecule has 18 heavy (non-hydrogen) atoms. The van der Waals surface area contributed by atoms with Crippen molar-refractivity contribution in [3.63, 3.8) is 0 Å². The monoisotopic (exact) mass is 346 g/mol. The lowest BCUT2D eigenvalue weighted by atomic mass is 10.2. The number of hydrogen-bond acceptors (Lipinski definition) is 4. The summed E-state index contributed by atoms with van der Waals surface area (Å²) in [6.45, 7) is 0.377. The van der Waals surface area contributed by atoms with Crippen LogP contribution in [0.25, 0.3) is 0 Å². The minimum Gasteiger partial charge on any atom is -0.265 e. The highest BCUT2D eigenvalue weighted by molar-refractivity contribution is 9.11. The third-order valence-electron chi connectivity index (χ3n) is 2.27. The van der Waals surface area contributed by atoms with Gasteiger partial charge in [-0.3, -0.25) is 4.98 Å². The van der Waals surface area contributed by atoms with Crippen molar-refractivity contribution in [2.75, 3.05) is 6.54 Å². The van der Waals surface area contributed by atoms with E-state index in [9.17, 15) is 8.42 Å². The van der Waals surface area contributed by atoms with E-state index in [1.807, 2.05) is 12.1 Å². The van der Waals surface area contributed by atoms with E-state index in [0.29, 0.717) is 17.2 Å². The quantitative estimate of drug-likeness (QED) is 0.904. The lowest BCUT2D eigenvalue weighted by molar-refractivity contribution is 0.584. The third kappa shape index (κ3) is 3.61. The molecule has 1 N–H and O–H groups in total. The highest BCUT2D eigenvalue weighted by Gasteiger charge is 2.15. The van der Waals surface area contributed by atoms with Gasteiger partial charge in [-0.1, -0.05) is 0 Å². The molecule has 0 saturated heterocycles. The van der Waals surface area contributed by atoms with Gasteiger partial charge in [0.15, 0.2) is 0 Å². The number of rotatable bonds is 5. The lowest BCUT2D eigenvalue weighted by Gasteiger charge is -2.04. The number of halogens is 1. The molecule has 4 nitrogen and oxygen atoms in total. The Kier molecular flexibility index (Phi) is 4.50. The van der Waals surface area contributed by atoms with Crippen LogP contribution in [-0.2, 0) is 16.4 Å². The van der Waals surface area contributed by atoms with Gasteiger partial charge >= 0.3 is 0 Å². The number of thiophene rings is 1. The molecule has 0 spiro atoms. The topological polar surface area (TPSA) is 59.1 Å². The Bertz CT molecular complexity index is 611. The van der Waals surface area contributed by atoms with Crippen LogP contribution in [0, 0.1) is 0 Å². The number of hydrogen-bond donors (Lipinski definition) is 1. The SMILES string of the molecule is O=S(=O)(NCCc1ccncc1)c1ccc(Br)s1. The molecule has 2 rings (SSSR count). The molecule has 0 aliphatic heterocycles. The van der Waals surface area contributed by atoms with Gasteiger partial charge in [0.05, 0.1) is 3.79 Å². The molecule has 0 aromatic carbocycles. The van der Waals surface area contributed by atoms with Gasteiger partial charge in [-0.2, -0.15) is 0 Å². The van der Waals surface area contributed by atoms with Crippen molar-refractivity contribution in [1.82, 2.24) is 9.71 Å². The molecule has 0 atom stereocenters. The van der Waals surface area contributed by atoms with Crippen LogP contribution in [0.1, 0.15) is 5.56 Å². The van der Waals surface area contributed by atoms with Gasteiger partial charge in [0.25, 0.3) is 0 Å². The van der Waals surface area contributed by atoms with Crippen LogP contribution in [0.4, 0.5) is 0 Å². The Hall–Kier alpha value is -0.760. The maximum Gasteiger partial charge on any atom is 0.250 e. The molecule has 0 saturated carbocycles. The van der Waals surface area contributed by atoms with Crippen LogP contribution in [-0.4, -0.2) is 19.9 Å². The second kappa shape index (κ2) is 5.92. The Labute approximate surface area is 118 Å². The normalized spacial score (nSPS) is 11.6. The summed E-state index contributed by atoms with van der Waals surface area (Å²) in [5.74, 6) is 0. The van der Waals surface area contributed by atoms with Crippen molar-refractivity contribution >= 4 is 37.3 Å². The standard InChI is InChI=1S/C11H11BrN2O2S2/c12-10-1-2-11(17-10)18(15,16)14-8-5-9-3-6-13-7-4-9/h1-4,6-7,14H,5,8H2. The first-order valence-corrected chi connectivity index (χ1v) is 8.31. The van der Waals surface area contributed by atoms with Gasteiger partial charge in [0, 0.05) is 18.9 Å². The molecule has 7 heteroatoms. The van der Waals surface area contributed by atoms with Crippen LogP contribution in [0.3, 0.4) is 0 Å². The molecule has 0 fully saturated rings. The van der Waals surface area contributed by atoms with Crippen LogP contribution in [0.2, 0.25) is 0 Å². The fraction of sp³-hybridized carbons (Fsp3) is 0.182. The molecule has 0 aliphatic carbocycles. The van der Waals surface area contributed by atoms with Crippen LogP contribution >= 0.6 is 27.3 Å². The smallest absolute Gasteiger partial charge is 0.250 e. The van der Waals surface area contributed by atoms with E-state index in [1.54, 1.807) is 24.5 Å². The predicted molar refractivity (Wildman–Crippen MR) is 75.1 cm³/mol. The van der Waals surface area contributed by atoms with Crippen molar-refractivity contribution < 1.29 is 8.42 Å². The Morgan fingerprint density at radius 1 is 1.22 bits per heavy atom. The summed E-state index contributed by atoms with van der Waals surface area (Å²) in [4.78, 5) is 3.91. The van der Waals surface area contributed by atoms with Gasteiger partial charge in [0.2, 0.25) is 10.0 Å². The summed E-state index contributed by atoms with van der Waals surface area (Å²) in [6.07, 6.45) is 4.04. The molecule has 0 amide bonds. The third-order valence-corrected chi connectivity index (χ3v) is 5.85. The average molecular weight is 347 g/mol. The second-order valence-electron chi connectivity index (χ2n) is 3.56. The molecule has 0 bridgehead atoms. The van der Waals surface area contributed by atoms with E-state index in [-0.39, 0.29) is 0 Å². The summed E-state index contributed by atoms with van der Waals surface area (Å²) in [6, 6.07) is 7.05.